The van der Waals surface area contributed by atoms with Crippen LogP contribution in [0.5, 0.6) is 0 Å². The van der Waals surface area contributed by atoms with Crippen LogP contribution in [-0.4, -0.2) is 16.8 Å². The van der Waals surface area contributed by atoms with Gasteiger partial charge in [0, 0.05) is 11.4 Å². The highest BCUT2D eigenvalue weighted by Gasteiger charge is 2.05. The smallest absolute Gasteiger partial charge is 0.234 e. The number of hydrogen-bond acceptors (Lipinski definition) is 3. The maximum Gasteiger partial charge on any atom is 0.234 e. The lowest BCUT2D eigenvalue weighted by Gasteiger charge is -2.09. The first kappa shape index (κ1) is 16.6. The first-order valence-corrected chi connectivity index (χ1v) is 8.37. The van der Waals surface area contributed by atoms with E-state index in [4.69, 9.17) is 5.11 Å². The van der Waals surface area contributed by atoms with Crippen LogP contribution < -0.4 is 5.32 Å². The van der Waals surface area contributed by atoms with Crippen LogP contribution in [0.15, 0.2) is 42.5 Å². The number of thioether (sulfide) groups is 1. The molecule has 0 atom stereocenters. The van der Waals surface area contributed by atoms with Gasteiger partial charge in [-0.2, -0.15) is 0 Å². The van der Waals surface area contributed by atoms with Crippen LogP contribution in [0.2, 0.25) is 0 Å². The molecule has 1 amide bonds. The fourth-order valence-electron chi connectivity index (χ4n) is 2.06. The number of carbonyl (C=O) groups is 1. The first-order chi connectivity index (χ1) is 10.6. The Balaban J connectivity index is 1.81. The zero-order valence-corrected chi connectivity index (χ0v) is 13.7. The van der Waals surface area contributed by atoms with Crippen LogP contribution in [0.25, 0.3) is 0 Å². The fourth-order valence-corrected chi connectivity index (χ4v) is 2.85. The number of amides is 1. The van der Waals surface area contributed by atoms with Gasteiger partial charge < -0.3 is 10.4 Å². The van der Waals surface area contributed by atoms with Gasteiger partial charge in [0.05, 0.1) is 12.4 Å². The topological polar surface area (TPSA) is 49.3 Å². The highest BCUT2D eigenvalue weighted by molar-refractivity contribution is 7.99. The standard InChI is InChI=1S/C18H21NO2S/c1-13-3-4-14(2)17(9-13)19-18(21)12-22-11-16-7-5-15(10-20)6-8-16/h3-9,20H,10-12H2,1-2H3,(H,19,21). The summed E-state index contributed by atoms with van der Waals surface area (Å²) in [5, 5.41) is 12.0. The van der Waals surface area contributed by atoms with Gasteiger partial charge in [-0.25, -0.2) is 0 Å². The summed E-state index contributed by atoms with van der Waals surface area (Å²) in [6.45, 7) is 4.07. The minimum Gasteiger partial charge on any atom is -0.392 e. The Morgan fingerprint density at radius 1 is 1.09 bits per heavy atom. The Morgan fingerprint density at radius 3 is 2.45 bits per heavy atom. The second kappa shape index (κ2) is 8.01. The molecule has 0 unspecified atom stereocenters. The van der Waals surface area contributed by atoms with Crippen LogP contribution in [-0.2, 0) is 17.2 Å². The van der Waals surface area contributed by atoms with E-state index in [1.54, 1.807) is 11.8 Å². The van der Waals surface area contributed by atoms with Gasteiger partial charge in [-0.1, -0.05) is 36.4 Å². The van der Waals surface area contributed by atoms with Crippen molar-refractivity contribution in [3.8, 4) is 0 Å². The second-order valence-corrected chi connectivity index (χ2v) is 6.32. The second-order valence-electron chi connectivity index (χ2n) is 5.33. The zero-order valence-electron chi connectivity index (χ0n) is 12.9. The van der Waals surface area contributed by atoms with Gasteiger partial charge in [0.15, 0.2) is 0 Å². The third kappa shape index (κ3) is 4.90. The predicted molar refractivity (Wildman–Crippen MR) is 93.1 cm³/mol. The average molecular weight is 315 g/mol. The van der Waals surface area contributed by atoms with E-state index >= 15 is 0 Å². The van der Waals surface area contributed by atoms with Crippen molar-refractivity contribution in [1.29, 1.82) is 0 Å². The number of hydrogen-bond donors (Lipinski definition) is 2. The molecule has 116 valence electrons. The lowest BCUT2D eigenvalue weighted by molar-refractivity contribution is -0.113. The lowest BCUT2D eigenvalue weighted by atomic mass is 10.1. The summed E-state index contributed by atoms with van der Waals surface area (Å²) in [7, 11) is 0. The van der Waals surface area contributed by atoms with E-state index in [1.807, 2.05) is 56.3 Å². The Morgan fingerprint density at radius 2 is 1.77 bits per heavy atom. The van der Waals surface area contributed by atoms with Gasteiger partial charge in [-0.15, -0.1) is 11.8 Å². The van der Waals surface area contributed by atoms with Gasteiger partial charge in [-0.3, -0.25) is 4.79 Å². The molecule has 2 aromatic carbocycles. The summed E-state index contributed by atoms with van der Waals surface area (Å²) in [6.07, 6.45) is 0. The SMILES string of the molecule is Cc1ccc(C)c(NC(=O)CSCc2ccc(CO)cc2)c1. The van der Waals surface area contributed by atoms with Gasteiger partial charge in [0.25, 0.3) is 0 Å². The van der Waals surface area contributed by atoms with Crippen molar-refractivity contribution < 1.29 is 9.90 Å². The van der Waals surface area contributed by atoms with Gasteiger partial charge in [0.1, 0.15) is 0 Å². The van der Waals surface area contributed by atoms with Gasteiger partial charge in [-0.05, 0) is 42.2 Å². The number of carbonyl (C=O) groups excluding carboxylic acids is 1. The number of aliphatic hydroxyl groups is 1. The van der Waals surface area contributed by atoms with Crippen LogP contribution in [0, 0.1) is 13.8 Å². The molecule has 4 heteroatoms. The molecule has 0 bridgehead atoms. The van der Waals surface area contributed by atoms with Crippen LogP contribution in [0.4, 0.5) is 5.69 Å². The van der Waals surface area contributed by atoms with Crippen LogP contribution in [0.1, 0.15) is 22.3 Å². The summed E-state index contributed by atoms with van der Waals surface area (Å²) in [5.74, 6) is 1.23. The van der Waals surface area contributed by atoms with E-state index in [0.29, 0.717) is 5.75 Å². The first-order valence-electron chi connectivity index (χ1n) is 7.22. The summed E-state index contributed by atoms with van der Waals surface area (Å²) in [6, 6.07) is 13.8. The van der Waals surface area contributed by atoms with E-state index in [1.165, 1.54) is 0 Å². The van der Waals surface area contributed by atoms with E-state index in [-0.39, 0.29) is 12.5 Å². The molecule has 0 radical (unpaired) electrons. The summed E-state index contributed by atoms with van der Waals surface area (Å²) < 4.78 is 0. The quantitative estimate of drug-likeness (QED) is 0.855. The molecule has 2 aromatic rings. The van der Waals surface area contributed by atoms with E-state index in [2.05, 4.69) is 5.32 Å². The Hall–Kier alpha value is -1.78. The number of nitrogens with one attached hydrogen (secondary N) is 1. The van der Waals surface area contributed by atoms with Crippen molar-refractivity contribution in [1.82, 2.24) is 0 Å². The van der Waals surface area contributed by atoms with Crippen molar-refractivity contribution in [3.63, 3.8) is 0 Å². The molecule has 2 N–H and O–H groups in total. The molecule has 0 heterocycles. The highest BCUT2D eigenvalue weighted by Crippen LogP contribution is 2.18. The molecule has 0 aliphatic rings. The normalized spacial score (nSPS) is 10.5. The molecule has 0 saturated carbocycles. The van der Waals surface area contributed by atoms with E-state index < -0.39 is 0 Å². The number of aliphatic hydroxyl groups excluding tert-OH is 1. The molecule has 0 aliphatic heterocycles. The van der Waals surface area contributed by atoms with E-state index in [0.717, 1.165) is 33.7 Å². The summed E-state index contributed by atoms with van der Waals surface area (Å²) in [4.78, 5) is 12.0. The lowest BCUT2D eigenvalue weighted by Crippen LogP contribution is -2.15. The van der Waals surface area contributed by atoms with Crippen molar-refractivity contribution in [2.45, 2.75) is 26.2 Å². The molecule has 0 spiro atoms. The number of benzene rings is 2. The van der Waals surface area contributed by atoms with Gasteiger partial charge >= 0.3 is 0 Å². The molecule has 0 aliphatic carbocycles. The molecular formula is C18H21NO2S. The Bertz CT molecular complexity index is 638. The number of anilines is 1. The average Bonchev–Trinajstić information content (AvgIpc) is 2.51. The minimum absolute atomic E-state index is 0.0191. The number of rotatable bonds is 6. The van der Waals surface area contributed by atoms with Crippen molar-refractivity contribution >= 4 is 23.4 Å². The number of aryl methyl sites for hydroxylation is 2. The molecule has 22 heavy (non-hydrogen) atoms. The van der Waals surface area contributed by atoms with Crippen molar-refractivity contribution in [2.75, 3.05) is 11.1 Å². The Labute approximate surface area is 135 Å². The third-order valence-electron chi connectivity index (χ3n) is 3.37. The Kier molecular flexibility index (Phi) is 6.04. The maximum absolute atomic E-state index is 12.0. The third-order valence-corrected chi connectivity index (χ3v) is 4.38. The monoisotopic (exact) mass is 315 g/mol. The van der Waals surface area contributed by atoms with Crippen LogP contribution >= 0.6 is 11.8 Å². The molecule has 0 saturated heterocycles. The largest absolute Gasteiger partial charge is 0.392 e. The highest BCUT2D eigenvalue weighted by atomic mass is 32.2. The zero-order chi connectivity index (χ0) is 15.9. The molecule has 2 rings (SSSR count). The molecular weight excluding hydrogens is 294 g/mol. The van der Waals surface area contributed by atoms with Crippen LogP contribution in [0.3, 0.4) is 0 Å². The predicted octanol–water partition coefficient (Wildman–Crippen LogP) is 3.67. The summed E-state index contributed by atoms with van der Waals surface area (Å²) >= 11 is 1.58. The van der Waals surface area contributed by atoms with Crippen molar-refractivity contribution in [2.24, 2.45) is 0 Å². The molecule has 0 fully saturated rings. The maximum atomic E-state index is 12.0. The minimum atomic E-state index is 0.0191. The summed E-state index contributed by atoms with van der Waals surface area (Å²) in [5.41, 5.74) is 5.15. The molecule has 0 aromatic heterocycles. The van der Waals surface area contributed by atoms with Gasteiger partial charge in [0.2, 0.25) is 5.91 Å². The van der Waals surface area contributed by atoms with Crippen molar-refractivity contribution in [3.05, 3.63) is 64.7 Å². The van der Waals surface area contributed by atoms with E-state index in [9.17, 15) is 4.79 Å². The fraction of sp³-hybridized carbons (Fsp3) is 0.278. The molecule has 3 nitrogen and oxygen atoms in total.